The molecule has 6 heteroatoms. The molecule has 0 unspecified atom stereocenters. The van der Waals surface area contributed by atoms with Gasteiger partial charge in [0.25, 0.3) is 0 Å². The number of nitrogens with zero attached hydrogens (tertiary/aromatic N) is 5. The van der Waals surface area contributed by atoms with E-state index in [1.807, 2.05) is 23.1 Å². The number of rotatable bonds is 6. The Kier molecular flexibility index (Phi) is 4.28. The molecule has 0 bridgehead atoms. The molecule has 2 saturated carbocycles. The monoisotopic (exact) mass is 325 g/mol. The Morgan fingerprint density at radius 1 is 1.12 bits per heavy atom. The second-order valence-corrected chi connectivity index (χ2v) is 6.91. The topological polar surface area (TPSA) is 63.9 Å². The number of carbonyl (C=O) groups excluding carboxylic acids is 1. The highest BCUT2D eigenvalue weighted by atomic mass is 16.2. The predicted octanol–water partition coefficient (Wildman–Crippen LogP) is 2.52. The molecule has 6 nitrogen and oxygen atoms in total. The van der Waals surface area contributed by atoms with Crippen molar-refractivity contribution in [3.05, 3.63) is 41.7 Å². The molecule has 1 aromatic heterocycles. The van der Waals surface area contributed by atoms with Gasteiger partial charge in [-0.25, -0.2) is 4.68 Å². The van der Waals surface area contributed by atoms with Crippen molar-refractivity contribution in [1.82, 2.24) is 25.1 Å². The standard InChI is InChI=1S/C18H23N5O/c24-17(13-23-18(19-20-21-23)15-8-4-5-9-15)22(16-10-11-16)12-14-6-2-1-3-7-14/h1-3,6-7,15-16H,4-5,8-13H2. The van der Waals surface area contributed by atoms with Gasteiger partial charge in [0, 0.05) is 18.5 Å². The number of amides is 1. The summed E-state index contributed by atoms with van der Waals surface area (Å²) in [7, 11) is 0. The van der Waals surface area contributed by atoms with Crippen molar-refractivity contribution in [3.63, 3.8) is 0 Å². The number of hydrogen-bond acceptors (Lipinski definition) is 4. The van der Waals surface area contributed by atoms with E-state index in [1.54, 1.807) is 4.68 Å². The van der Waals surface area contributed by atoms with Crippen molar-refractivity contribution in [2.45, 2.75) is 63.6 Å². The van der Waals surface area contributed by atoms with Crippen molar-refractivity contribution >= 4 is 5.91 Å². The normalized spacial score (nSPS) is 18.0. The Bertz CT molecular complexity index is 688. The maximum atomic E-state index is 12.9. The van der Waals surface area contributed by atoms with Gasteiger partial charge in [0.15, 0.2) is 5.82 Å². The van der Waals surface area contributed by atoms with Crippen LogP contribution in [-0.4, -0.2) is 37.1 Å². The molecular weight excluding hydrogens is 302 g/mol. The maximum absolute atomic E-state index is 12.9. The lowest BCUT2D eigenvalue weighted by molar-refractivity contribution is -0.133. The zero-order chi connectivity index (χ0) is 16.4. The van der Waals surface area contributed by atoms with Crippen LogP contribution in [0.5, 0.6) is 0 Å². The van der Waals surface area contributed by atoms with Crippen LogP contribution in [0.15, 0.2) is 30.3 Å². The van der Waals surface area contributed by atoms with E-state index in [-0.39, 0.29) is 12.5 Å². The molecule has 0 radical (unpaired) electrons. The third-order valence-electron chi connectivity index (χ3n) is 5.07. The van der Waals surface area contributed by atoms with E-state index in [2.05, 4.69) is 27.7 Å². The molecule has 2 aliphatic carbocycles. The summed E-state index contributed by atoms with van der Waals surface area (Å²) in [6, 6.07) is 10.6. The fourth-order valence-corrected chi connectivity index (χ4v) is 3.61. The summed E-state index contributed by atoms with van der Waals surface area (Å²) >= 11 is 0. The molecule has 126 valence electrons. The van der Waals surface area contributed by atoms with Gasteiger partial charge in [0.1, 0.15) is 6.54 Å². The molecule has 1 aromatic carbocycles. The first-order chi connectivity index (χ1) is 11.8. The first kappa shape index (κ1) is 15.3. The van der Waals surface area contributed by atoms with Crippen LogP contribution in [0.25, 0.3) is 0 Å². The number of benzene rings is 1. The summed E-state index contributed by atoms with van der Waals surface area (Å²) in [5.41, 5.74) is 1.17. The minimum Gasteiger partial charge on any atom is -0.334 e. The Morgan fingerprint density at radius 3 is 2.58 bits per heavy atom. The zero-order valence-corrected chi connectivity index (χ0v) is 13.8. The molecule has 2 fully saturated rings. The zero-order valence-electron chi connectivity index (χ0n) is 13.8. The van der Waals surface area contributed by atoms with E-state index in [4.69, 9.17) is 0 Å². The van der Waals surface area contributed by atoms with Crippen molar-refractivity contribution in [1.29, 1.82) is 0 Å². The smallest absolute Gasteiger partial charge is 0.245 e. The van der Waals surface area contributed by atoms with Gasteiger partial charge in [0.2, 0.25) is 5.91 Å². The number of hydrogen-bond donors (Lipinski definition) is 0. The van der Waals surface area contributed by atoms with Crippen LogP contribution in [0, 0.1) is 0 Å². The molecular formula is C18H23N5O. The number of tetrazole rings is 1. The summed E-state index contributed by atoms with van der Waals surface area (Å²) in [6.45, 7) is 0.924. The number of carbonyl (C=O) groups is 1. The second kappa shape index (κ2) is 6.71. The van der Waals surface area contributed by atoms with Gasteiger partial charge in [-0.2, -0.15) is 0 Å². The third kappa shape index (κ3) is 3.32. The van der Waals surface area contributed by atoms with E-state index in [1.165, 1.54) is 18.4 Å². The fraction of sp³-hybridized carbons (Fsp3) is 0.556. The molecule has 2 aromatic rings. The van der Waals surface area contributed by atoms with Crippen LogP contribution in [0.2, 0.25) is 0 Å². The maximum Gasteiger partial charge on any atom is 0.245 e. The van der Waals surface area contributed by atoms with Crippen LogP contribution >= 0.6 is 0 Å². The largest absolute Gasteiger partial charge is 0.334 e. The highest BCUT2D eigenvalue weighted by Crippen LogP contribution is 2.33. The van der Waals surface area contributed by atoms with E-state index in [0.29, 0.717) is 18.5 Å². The lowest BCUT2D eigenvalue weighted by atomic mass is 10.1. The van der Waals surface area contributed by atoms with Crippen LogP contribution in [-0.2, 0) is 17.9 Å². The molecule has 1 heterocycles. The van der Waals surface area contributed by atoms with Gasteiger partial charge >= 0.3 is 0 Å². The highest BCUT2D eigenvalue weighted by molar-refractivity contribution is 5.76. The molecule has 0 atom stereocenters. The van der Waals surface area contributed by atoms with E-state index >= 15 is 0 Å². The summed E-state index contributed by atoms with van der Waals surface area (Å²) in [4.78, 5) is 14.9. The Balaban J connectivity index is 1.47. The first-order valence-electron chi connectivity index (χ1n) is 8.91. The Labute approximate surface area is 141 Å². The first-order valence-corrected chi connectivity index (χ1v) is 8.91. The van der Waals surface area contributed by atoms with Crippen molar-refractivity contribution < 1.29 is 4.79 Å². The molecule has 24 heavy (non-hydrogen) atoms. The molecule has 0 spiro atoms. The quantitative estimate of drug-likeness (QED) is 0.818. The van der Waals surface area contributed by atoms with Crippen LogP contribution in [0.1, 0.15) is 55.8 Å². The minimum atomic E-state index is 0.118. The van der Waals surface area contributed by atoms with E-state index in [9.17, 15) is 4.79 Å². The van der Waals surface area contributed by atoms with Crippen molar-refractivity contribution in [3.8, 4) is 0 Å². The van der Waals surface area contributed by atoms with Gasteiger partial charge < -0.3 is 4.90 Å². The Morgan fingerprint density at radius 2 is 1.88 bits per heavy atom. The SMILES string of the molecule is O=C(Cn1nnnc1C1CCCC1)N(Cc1ccccc1)C1CC1. The average molecular weight is 325 g/mol. The van der Waals surface area contributed by atoms with Crippen LogP contribution in [0.3, 0.4) is 0 Å². The lowest BCUT2D eigenvalue weighted by Crippen LogP contribution is -2.36. The van der Waals surface area contributed by atoms with Crippen molar-refractivity contribution in [2.24, 2.45) is 0 Å². The summed E-state index contributed by atoms with van der Waals surface area (Å²) in [6.07, 6.45) is 6.92. The molecule has 0 saturated heterocycles. The number of aromatic nitrogens is 4. The van der Waals surface area contributed by atoms with Gasteiger partial charge in [-0.3, -0.25) is 4.79 Å². The second-order valence-electron chi connectivity index (χ2n) is 6.91. The van der Waals surface area contributed by atoms with E-state index < -0.39 is 0 Å². The molecule has 1 amide bonds. The van der Waals surface area contributed by atoms with Crippen LogP contribution in [0.4, 0.5) is 0 Å². The third-order valence-corrected chi connectivity index (χ3v) is 5.07. The Hall–Kier alpha value is -2.24. The highest BCUT2D eigenvalue weighted by Gasteiger charge is 2.33. The lowest BCUT2D eigenvalue weighted by Gasteiger charge is -2.23. The molecule has 2 aliphatic rings. The summed E-state index contributed by atoms with van der Waals surface area (Å²) in [5, 5.41) is 12.1. The molecule has 4 rings (SSSR count). The van der Waals surface area contributed by atoms with Gasteiger partial charge in [-0.15, -0.1) is 5.10 Å². The van der Waals surface area contributed by atoms with Gasteiger partial charge in [0.05, 0.1) is 0 Å². The molecule has 0 aliphatic heterocycles. The average Bonchev–Trinajstić information content (AvgIpc) is 3.09. The predicted molar refractivity (Wildman–Crippen MR) is 89.0 cm³/mol. The minimum absolute atomic E-state index is 0.118. The van der Waals surface area contributed by atoms with Crippen molar-refractivity contribution in [2.75, 3.05) is 0 Å². The van der Waals surface area contributed by atoms with E-state index in [0.717, 1.165) is 31.5 Å². The molecule has 0 N–H and O–H groups in total. The van der Waals surface area contributed by atoms with Gasteiger partial charge in [-0.1, -0.05) is 43.2 Å². The van der Waals surface area contributed by atoms with Crippen LogP contribution < -0.4 is 0 Å². The fourth-order valence-electron chi connectivity index (χ4n) is 3.61. The summed E-state index contributed by atoms with van der Waals surface area (Å²) < 4.78 is 1.72. The summed E-state index contributed by atoms with van der Waals surface area (Å²) in [5.74, 6) is 1.42. The van der Waals surface area contributed by atoms with Gasteiger partial charge in [-0.05, 0) is 41.7 Å².